The molecular formula is C16H22O. The van der Waals surface area contributed by atoms with Crippen LogP contribution in [0, 0.1) is 6.92 Å². The largest absolute Gasteiger partial charge is 0.295 e. The van der Waals surface area contributed by atoms with E-state index in [1.807, 2.05) is 6.92 Å². The summed E-state index contributed by atoms with van der Waals surface area (Å²) in [6.45, 7) is 10.6. The third-order valence-corrected chi connectivity index (χ3v) is 4.24. The maximum atomic E-state index is 11.6. The van der Waals surface area contributed by atoms with Gasteiger partial charge in [0, 0.05) is 5.56 Å². The van der Waals surface area contributed by atoms with Gasteiger partial charge in [0.1, 0.15) is 0 Å². The highest BCUT2D eigenvalue weighted by atomic mass is 16.1. The standard InChI is InChI=1S/C16H22O/c1-10-6-7-16(4,5)15-9-13(12(3)17)11(2)8-14(10)15/h8-10H,6-7H2,1-5H3. The maximum absolute atomic E-state index is 11.6. The SMILES string of the molecule is CC(=O)c1cc2c(cc1C)C(C)CCC2(C)C. The van der Waals surface area contributed by atoms with E-state index in [1.165, 1.54) is 24.0 Å². The quantitative estimate of drug-likeness (QED) is 0.655. The first-order valence-corrected chi connectivity index (χ1v) is 6.49. The molecule has 0 saturated heterocycles. The zero-order valence-corrected chi connectivity index (χ0v) is 11.6. The molecule has 0 aliphatic heterocycles. The van der Waals surface area contributed by atoms with Crippen molar-refractivity contribution in [3.8, 4) is 0 Å². The van der Waals surface area contributed by atoms with Crippen molar-refractivity contribution < 1.29 is 4.79 Å². The fourth-order valence-corrected chi connectivity index (χ4v) is 2.97. The van der Waals surface area contributed by atoms with Gasteiger partial charge >= 0.3 is 0 Å². The normalized spacial score (nSPS) is 22.1. The van der Waals surface area contributed by atoms with Crippen molar-refractivity contribution in [3.63, 3.8) is 0 Å². The van der Waals surface area contributed by atoms with Gasteiger partial charge in [0.2, 0.25) is 0 Å². The average Bonchev–Trinajstić information content (AvgIpc) is 2.23. The van der Waals surface area contributed by atoms with Crippen LogP contribution in [-0.4, -0.2) is 5.78 Å². The van der Waals surface area contributed by atoms with E-state index in [4.69, 9.17) is 0 Å². The van der Waals surface area contributed by atoms with Gasteiger partial charge < -0.3 is 0 Å². The second-order valence-electron chi connectivity index (χ2n) is 6.13. The topological polar surface area (TPSA) is 17.1 Å². The maximum Gasteiger partial charge on any atom is 0.160 e. The Kier molecular flexibility index (Phi) is 2.89. The van der Waals surface area contributed by atoms with E-state index in [9.17, 15) is 4.79 Å². The van der Waals surface area contributed by atoms with Crippen molar-refractivity contribution in [1.29, 1.82) is 0 Å². The lowest BCUT2D eigenvalue weighted by Crippen LogP contribution is -2.26. The molecule has 0 radical (unpaired) electrons. The summed E-state index contributed by atoms with van der Waals surface area (Å²) in [6, 6.07) is 4.38. The van der Waals surface area contributed by atoms with Crippen molar-refractivity contribution in [3.05, 3.63) is 34.4 Å². The number of rotatable bonds is 1. The van der Waals surface area contributed by atoms with Crippen molar-refractivity contribution in [2.24, 2.45) is 0 Å². The summed E-state index contributed by atoms with van der Waals surface area (Å²) in [5.41, 5.74) is 5.06. The van der Waals surface area contributed by atoms with Crippen LogP contribution in [0.1, 0.15) is 73.5 Å². The molecule has 1 aliphatic rings. The van der Waals surface area contributed by atoms with Crippen LogP contribution in [0.4, 0.5) is 0 Å². The average molecular weight is 230 g/mol. The van der Waals surface area contributed by atoms with Crippen molar-refractivity contribution in [1.82, 2.24) is 0 Å². The Morgan fingerprint density at radius 3 is 2.59 bits per heavy atom. The fraction of sp³-hybridized carbons (Fsp3) is 0.562. The van der Waals surface area contributed by atoms with Crippen LogP contribution >= 0.6 is 0 Å². The molecule has 0 fully saturated rings. The highest BCUT2D eigenvalue weighted by Gasteiger charge is 2.31. The third-order valence-electron chi connectivity index (χ3n) is 4.24. The molecule has 0 bridgehead atoms. The van der Waals surface area contributed by atoms with Crippen LogP contribution in [0.3, 0.4) is 0 Å². The first kappa shape index (κ1) is 12.3. The molecule has 92 valence electrons. The molecule has 0 N–H and O–H groups in total. The minimum Gasteiger partial charge on any atom is -0.295 e. The molecule has 0 spiro atoms. The van der Waals surface area contributed by atoms with Gasteiger partial charge in [-0.3, -0.25) is 4.79 Å². The molecule has 1 aliphatic carbocycles. The van der Waals surface area contributed by atoms with Crippen LogP contribution in [0.5, 0.6) is 0 Å². The summed E-state index contributed by atoms with van der Waals surface area (Å²) in [7, 11) is 0. The summed E-state index contributed by atoms with van der Waals surface area (Å²) in [5, 5.41) is 0. The second-order valence-corrected chi connectivity index (χ2v) is 6.13. The number of aryl methyl sites for hydroxylation is 1. The first-order chi connectivity index (χ1) is 7.83. The summed E-state index contributed by atoms with van der Waals surface area (Å²) in [5.74, 6) is 0.803. The van der Waals surface area contributed by atoms with Gasteiger partial charge in [-0.05, 0) is 60.8 Å². The minimum absolute atomic E-state index is 0.180. The Balaban J connectivity index is 2.66. The lowest BCUT2D eigenvalue weighted by molar-refractivity contribution is 0.101. The van der Waals surface area contributed by atoms with Crippen molar-refractivity contribution in [2.75, 3.05) is 0 Å². The molecule has 1 atom stereocenters. The smallest absolute Gasteiger partial charge is 0.160 e. The molecule has 1 unspecified atom stereocenters. The van der Waals surface area contributed by atoms with Gasteiger partial charge in [-0.1, -0.05) is 26.8 Å². The Labute approximate surface area is 104 Å². The predicted molar refractivity (Wildman–Crippen MR) is 71.9 cm³/mol. The monoisotopic (exact) mass is 230 g/mol. The second kappa shape index (κ2) is 3.97. The van der Waals surface area contributed by atoms with Gasteiger partial charge in [0.05, 0.1) is 0 Å². The lowest BCUT2D eigenvalue weighted by Gasteiger charge is -2.36. The first-order valence-electron chi connectivity index (χ1n) is 6.49. The highest BCUT2D eigenvalue weighted by Crippen LogP contribution is 2.43. The van der Waals surface area contributed by atoms with Crippen molar-refractivity contribution in [2.45, 2.75) is 58.8 Å². The molecule has 1 aromatic carbocycles. The molecule has 1 nitrogen and oxygen atoms in total. The molecule has 0 saturated carbocycles. The number of fused-ring (bicyclic) bond motifs is 1. The van der Waals surface area contributed by atoms with Crippen LogP contribution in [0.2, 0.25) is 0 Å². The van der Waals surface area contributed by atoms with E-state index >= 15 is 0 Å². The van der Waals surface area contributed by atoms with Gasteiger partial charge in [-0.15, -0.1) is 0 Å². The van der Waals surface area contributed by atoms with Crippen LogP contribution < -0.4 is 0 Å². The van der Waals surface area contributed by atoms with Crippen LogP contribution in [-0.2, 0) is 5.41 Å². The van der Waals surface area contributed by atoms with E-state index in [0.29, 0.717) is 5.92 Å². The van der Waals surface area contributed by atoms with E-state index in [-0.39, 0.29) is 11.2 Å². The molecule has 0 aromatic heterocycles. The third kappa shape index (κ3) is 2.03. The van der Waals surface area contributed by atoms with Crippen LogP contribution in [0.25, 0.3) is 0 Å². The minimum atomic E-state index is 0.180. The zero-order chi connectivity index (χ0) is 12.8. The molecule has 0 amide bonds. The summed E-state index contributed by atoms with van der Waals surface area (Å²) < 4.78 is 0. The molecule has 17 heavy (non-hydrogen) atoms. The van der Waals surface area contributed by atoms with E-state index in [1.54, 1.807) is 6.92 Å². The van der Waals surface area contributed by atoms with Crippen LogP contribution in [0.15, 0.2) is 12.1 Å². The van der Waals surface area contributed by atoms with Gasteiger partial charge in [0.25, 0.3) is 0 Å². The van der Waals surface area contributed by atoms with E-state index in [2.05, 4.69) is 32.9 Å². The summed E-state index contributed by atoms with van der Waals surface area (Å²) in [4.78, 5) is 11.6. The van der Waals surface area contributed by atoms with Crippen molar-refractivity contribution >= 4 is 5.78 Å². The fourth-order valence-electron chi connectivity index (χ4n) is 2.97. The number of carbonyl (C=O) groups is 1. The molecule has 1 heteroatoms. The Morgan fingerprint density at radius 1 is 1.35 bits per heavy atom. The van der Waals surface area contributed by atoms with E-state index < -0.39 is 0 Å². The number of hydrogen-bond donors (Lipinski definition) is 0. The van der Waals surface area contributed by atoms with E-state index in [0.717, 1.165) is 11.1 Å². The molecule has 1 aromatic rings. The highest BCUT2D eigenvalue weighted by molar-refractivity contribution is 5.96. The number of hydrogen-bond acceptors (Lipinski definition) is 1. The predicted octanol–water partition coefficient (Wildman–Crippen LogP) is 4.37. The Hall–Kier alpha value is -1.11. The molecule has 2 rings (SSSR count). The molecule has 0 heterocycles. The number of ketones is 1. The Bertz CT molecular complexity index is 469. The molecular weight excluding hydrogens is 208 g/mol. The number of Topliss-reactive ketones (excluding diaryl/α,β-unsaturated/α-hetero) is 1. The summed E-state index contributed by atoms with van der Waals surface area (Å²) in [6.07, 6.45) is 2.46. The zero-order valence-electron chi connectivity index (χ0n) is 11.6. The Morgan fingerprint density at radius 2 is 2.00 bits per heavy atom. The lowest BCUT2D eigenvalue weighted by atomic mass is 9.68. The van der Waals surface area contributed by atoms with Gasteiger partial charge in [-0.25, -0.2) is 0 Å². The van der Waals surface area contributed by atoms with Gasteiger partial charge in [0.15, 0.2) is 5.78 Å². The summed E-state index contributed by atoms with van der Waals surface area (Å²) >= 11 is 0. The number of benzene rings is 1. The van der Waals surface area contributed by atoms with Gasteiger partial charge in [-0.2, -0.15) is 0 Å². The number of carbonyl (C=O) groups excluding carboxylic acids is 1.